The fourth-order valence-electron chi connectivity index (χ4n) is 1.60. The van der Waals surface area contributed by atoms with Crippen molar-refractivity contribution in [3.8, 4) is 10.6 Å². The number of fused-ring (bicyclic) bond motifs is 1. The van der Waals surface area contributed by atoms with Crippen LogP contribution >= 0.6 is 27.3 Å². The number of nitrogens with zero attached hydrogens (tertiary/aromatic N) is 3. The molecule has 0 fully saturated rings. The lowest BCUT2D eigenvalue weighted by Crippen LogP contribution is -1.98. The Balaban J connectivity index is 2.23. The maximum atomic E-state index is 11.0. The number of hydrogen-bond donors (Lipinski definition) is 1. The molecular weight excluding hydrogens is 318 g/mol. The number of aromatic carboxylic acids is 1. The normalized spacial score (nSPS) is 10.9. The van der Waals surface area contributed by atoms with Crippen LogP contribution in [-0.2, 0) is 0 Å². The summed E-state index contributed by atoms with van der Waals surface area (Å²) in [6, 6.07) is 7.48. The molecule has 3 rings (SSSR count). The molecule has 0 unspecified atom stereocenters. The van der Waals surface area contributed by atoms with Gasteiger partial charge >= 0.3 is 5.97 Å². The Hall–Kier alpha value is -1.73. The van der Waals surface area contributed by atoms with E-state index in [2.05, 4.69) is 26.0 Å². The number of aromatic nitrogens is 3. The highest BCUT2D eigenvalue weighted by molar-refractivity contribution is 9.10. The molecule has 0 radical (unpaired) electrons. The summed E-state index contributed by atoms with van der Waals surface area (Å²) in [5.41, 5.74) is 1.25. The average Bonchev–Trinajstić information content (AvgIpc) is 2.97. The van der Waals surface area contributed by atoms with Crippen molar-refractivity contribution in [3.05, 3.63) is 39.9 Å². The summed E-state index contributed by atoms with van der Waals surface area (Å²) < 4.78 is 1.84. The number of halogens is 1. The third kappa shape index (κ3) is 1.72. The van der Waals surface area contributed by atoms with Crippen LogP contribution in [0.3, 0.4) is 0 Å². The molecule has 18 heavy (non-hydrogen) atoms. The number of hydrogen-bond acceptors (Lipinski definition) is 4. The van der Waals surface area contributed by atoms with E-state index < -0.39 is 5.97 Å². The van der Waals surface area contributed by atoms with Crippen molar-refractivity contribution >= 4 is 38.9 Å². The molecule has 1 N–H and O–H groups in total. The van der Waals surface area contributed by atoms with E-state index in [9.17, 15) is 4.79 Å². The van der Waals surface area contributed by atoms with Crippen molar-refractivity contribution in [1.82, 2.24) is 14.6 Å². The lowest BCUT2D eigenvalue weighted by atomic mass is 10.3. The van der Waals surface area contributed by atoms with Crippen molar-refractivity contribution in [2.45, 2.75) is 0 Å². The van der Waals surface area contributed by atoms with Gasteiger partial charge in [-0.3, -0.25) is 0 Å². The van der Waals surface area contributed by atoms with Gasteiger partial charge in [-0.2, -0.15) is 5.10 Å². The van der Waals surface area contributed by atoms with Crippen LogP contribution in [0.2, 0.25) is 0 Å². The Bertz CT molecular complexity index is 736. The summed E-state index contributed by atoms with van der Waals surface area (Å²) in [6.07, 6.45) is 0. The first-order valence-corrected chi connectivity index (χ1v) is 6.66. The molecular formula is C11H6BrN3O2S. The van der Waals surface area contributed by atoms with Crippen molar-refractivity contribution in [2.24, 2.45) is 0 Å². The summed E-state index contributed by atoms with van der Waals surface area (Å²) in [6.45, 7) is 0. The minimum atomic E-state index is -1.08. The molecule has 5 nitrogen and oxygen atoms in total. The van der Waals surface area contributed by atoms with Gasteiger partial charge in [-0.05, 0) is 39.5 Å². The van der Waals surface area contributed by atoms with Gasteiger partial charge < -0.3 is 5.11 Å². The largest absolute Gasteiger partial charge is 0.476 e. The highest BCUT2D eigenvalue weighted by atomic mass is 79.9. The summed E-state index contributed by atoms with van der Waals surface area (Å²) >= 11 is 4.79. The van der Waals surface area contributed by atoms with Crippen LogP contribution in [0.5, 0.6) is 0 Å². The van der Waals surface area contributed by atoms with Crippen molar-refractivity contribution in [1.29, 1.82) is 0 Å². The van der Waals surface area contributed by atoms with E-state index in [4.69, 9.17) is 5.11 Å². The van der Waals surface area contributed by atoms with Gasteiger partial charge in [-0.15, -0.1) is 11.3 Å². The van der Waals surface area contributed by atoms with Crippen LogP contribution in [0.25, 0.3) is 16.2 Å². The molecule has 0 aliphatic carbocycles. The summed E-state index contributed by atoms with van der Waals surface area (Å²) in [7, 11) is 0. The van der Waals surface area contributed by atoms with E-state index in [0.29, 0.717) is 10.3 Å². The van der Waals surface area contributed by atoms with E-state index in [-0.39, 0.29) is 5.69 Å². The molecule has 0 atom stereocenters. The highest BCUT2D eigenvalue weighted by Gasteiger charge is 2.17. The third-order valence-corrected chi connectivity index (χ3v) is 4.00. The molecule has 0 aliphatic heterocycles. The van der Waals surface area contributed by atoms with Crippen LogP contribution in [-0.4, -0.2) is 25.7 Å². The fourth-order valence-corrected chi connectivity index (χ4v) is 2.81. The molecule has 0 saturated heterocycles. The highest BCUT2D eigenvalue weighted by Crippen LogP contribution is 2.25. The molecule has 0 amide bonds. The maximum absolute atomic E-state index is 11.0. The molecule has 3 aromatic heterocycles. The van der Waals surface area contributed by atoms with Gasteiger partial charge in [0.2, 0.25) is 0 Å². The van der Waals surface area contributed by atoms with Gasteiger partial charge in [-0.25, -0.2) is 14.3 Å². The van der Waals surface area contributed by atoms with Gasteiger partial charge in [0.25, 0.3) is 0 Å². The van der Waals surface area contributed by atoms with E-state index in [0.717, 1.165) is 10.6 Å². The third-order valence-electron chi connectivity index (χ3n) is 2.40. The van der Waals surface area contributed by atoms with Crippen LogP contribution in [0.4, 0.5) is 0 Å². The molecule has 0 saturated carbocycles. The predicted molar refractivity (Wildman–Crippen MR) is 71.0 cm³/mol. The molecule has 90 valence electrons. The Labute approximate surface area is 114 Å². The summed E-state index contributed by atoms with van der Waals surface area (Å²) in [4.78, 5) is 16.0. The first-order chi connectivity index (χ1) is 8.66. The maximum Gasteiger partial charge on any atom is 0.357 e. The summed E-state index contributed by atoms with van der Waals surface area (Å²) in [5.74, 6) is -1.08. The topological polar surface area (TPSA) is 67.5 Å². The van der Waals surface area contributed by atoms with Gasteiger partial charge in [0.15, 0.2) is 11.3 Å². The second-order valence-electron chi connectivity index (χ2n) is 3.52. The average molecular weight is 324 g/mol. The molecule has 0 aromatic carbocycles. The number of carbonyl (C=O) groups is 1. The summed E-state index contributed by atoms with van der Waals surface area (Å²) in [5, 5.41) is 15.3. The minimum Gasteiger partial charge on any atom is -0.476 e. The zero-order valence-corrected chi connectivity index (χ0v) is 11.3. The van der Waals surface area contributed by atoms with E-state index in [1.807, 2.05) is 23.6 Å². The van der Waals surface area contributed by atoms with Gasteiger partial charge in [0.05, 0.1) is 4.88 Å². The fraction of sp³-hybridized carbons (Fsp3) is 0. The van der Waals surface area contributed by atoms with Gasteiger partial charge in [0, 0.05) is 0 Å². The number of thiophene rings is 1. The van der Waals surface area contributed by atoms with Crippen LogP contribution < -0.4 is 0 Å². The molecule has 3 aromatic rings. The molecule has 7 heteroatoms. The monoisotopic (exact) mass is 323 g/mol. The van der Waals surface area contributed by atoms with Gasteiger partial charge in [-0.1, -0.05) is 6.07 Å². The number of carboxylic acid groups (broad SMARTS) is 1. The lowest BCUT2D eigenvalue weighted by molar-refractivity contribution is 0.0690. The molecule has 3 heterocycles. The second kappa shape index (κ2) is 4.18. The SMILES string of the molecule is O=C(O)c1nc2ccc(-c3cccs3)nn2c1Br. The standard InChI is InChI=1S/C11H6BrN3O2S/c12-10-9(11(16)17)13-8-4-3-6(14-15(8)10)7-2-1-5-18-7/h1-5H,(H,16,17). The number of imidazole rings is 1. The lowest BCUT2D eigenvalue weighted by Gasteiger charge is -1.98. The quantitative estimate of drug-likeness (QED) is 0.787. The van der Waals surface area contributed by atoms with Crippen molar-refractivity contribution < 1.29 is 9.90 Å². The zero-order chi connectivity index (χ0) is 12.7. The van der Waals surface area contributed by atoms with E-state index in [1.54, 1.807) is 17.4 Å². The van der Waals surface area contributed by atoms with Crippen LogP contribution in [0.15, 0.2) is 34.2 Å². The van der Waals surface area contributed by atoms with Crippen molar-refractivity contribution in [2.75, 3.05) is 0 Å². The van der Waals surface area contributed by atoms with Crippen LogP contribution in [0.1, 0.15) is 10.5 Å². The minimum absolute atomic E-state index is 0.0363. The Morgan fingerprint density at radius 3 is 2.89 bits per heavy atom. The molecule has 0 aliphatic rings. The molecule has 0 bridgehead atoms. The Morgan fingerprint density at radius 1 is 1.39 bits per heavy atom. The number of carboxylic acids is 1. The van der Waals surface area contributed by atoms with E-state index >= 15 is 0 Å². The number of rotatable bonds is 2. The van der Waals surface area contributed by atoms with Crippen LogP contribution in [0, 0.1) is 0 Å². The van der Waals surface area contributed by atoms with E-state index in [1.165, 1.54) is 4.52 Å². The molecule has 0 spiro atoms. The zero-order valence-electron chi connectivity index (χ0n) is 8.87. The van der Waals surface area contributed by atoms with Crippen molar-refractivity contribution in [3.63, 3.8) is 0 Å². The Kier molecular flexibility index (Phi) is 2.64. The predicted octanol–water partition coefficient (Wildman–Crippen LogP) is 2.92. The first-order valence-electron chi connectivity index (χ1n) is 4.99. The Morgan fingerprint density at radius 2 is 2.22 bits per heavy atom. The van der Waals surface area contributed by atoms with Gasteiger partial charge in [0.1, 0.15) is 10.3 Å². The second-order valence-corrected chi connectivity index (χ2v) is 5.22. The smallest absolute Gasteiger partial charge is 0.357 e. The first kappa shape index (κ1) is 11.4.